The number of aromatic hydroxyl groups is 1. The lowest BCUT2D eigenvalue weighted by atomic mass is 9.97. The maximum absolute atomic E-state index is 10.00. The van der Waals surface area contributed by atoms with Crippen molar-refractivity contribution in [3.63, 3.8) is 0 Å². The van der Waals surface area contributed by atoms with Crippen molar-refractivity contribution in [2.75, 3.05) is 32.1 Å². The van der Waals surface area contributed by atoms with E-state index in [0.29, 0.717) is 18.3 Å². The van der Waals surface area contributed by atoms with Gasteiger partial charge in [-0.05, 0) is 67.8 Å². The SMILES string of the molecule is CS(=O)(=O)[O-].CS(=O)(=O)[O-].Cc1c2cc[n+](CC[NH+]3CCCCC3)cc2c(C)c2c1[nH]c1ccc(O)cc12. The number of H-pyrrole nitrogens is 1. The van der Waals surface area contributed by atoms with Crippen LogP contribution in [0.1, 0.15) is 30.4 Å². The Labute approximate surface area is 223 Å². The summed E-state index contributed by atoms with van der Waals surface area (Å²) in [6, 6.07) is 7.86. The molecule has 208 valence electrons. The molecule has 2 aromatic heterocycles. The van der Waals surface area contributed by atoms with Gasteiger partial charge in [-0.15, -0.1) is 0 Å². The minimum Gasteiger partial charge on any atom is -0.748 e. The molecule has 1 fully saturated rings. The average molecular weight is 566 g/mol. The number of aryl methyl sites for hydroxylation is 2. The quantitative estimate of drug-likeness (QED) is 0.251. The summed E-state index contributed by atoms with van der Waals surface area (Å²) in [7, 11) is -7.83. The van der Waals surface area contributed by atoms with Gasteiger partial charge in [0.05, 0.1) is 38.8 Å². The molecule has 3 heterocycles. The van der Waals surface area contributed by atoms with E-state index in [0.717, 1.165) is 17.4 Å². The van der Waals surface area contributed by atoms with E-state index in [2.05, 4.69) is 41.9 Å². The molecule has 0 atom stereocenters. The highest BCUT2D eigenvalue weighted by Crippen LogP contribution is 2.37. The van der Waals surface area contributed by atoms with Crippen molar-refractivity contribution in [1.82, 2.24) is 4.98 Å². The second-order valence-electron chi connectivity index (χ2n) is 9.83. The summed E-state index contributed by atoms with van der Waals surface area (Å²) in [5.41, 5.74) is 4.82. The summed E-state index contributed by atoms with van der Waals surface area (Å²) in [4.78, 5) is 5.31. The van der Waals surface area contributed by atoms with Gasteiger partial charge in [0.2, 0.25) is 0 Å². The molecule has 0 saturated carbocycles. The Morgan fingerprint density at radius 3 is 2.13 bits per heavy atom. The standard InChI is InChI=1S/C24H27N3O.2CH4O3S/c1-16-21-15-27(13-12-26-9-4-3-5-10-26)11-8-19(21)17(2)24-23(16)20-14-18(28)6-7-22(20)25-24;2*1-5(2,3)4/h6-8,11,14-15,28H,3-5,9-10,12-13H2,1-2H3;2*1H3,(H,2,3,4). The van der Waals surface area contributed by atoms with Gasteiger partial charge in [0.25, 0.3) is 0 Å². The molecule has 0 spiro atoms. The zero-order valence-electron chi connectivity index (χ0n) is 22.1. The molecule has 12 heteroatoms. The highest BCUT2D eigenvalue weighted by atomic mass is 32.2. The van der Waals surface area contributed by atoms with Crippen LogP contribution in [0.4, 0.5) is 0 Å². The van der Waals surface area contributed by atoms with E-state index >= 15 is 0 Å². The van der Waals surface area contributed by atoms with Crippen LogP contribution in [-0.4, -0.2) is 68.2 Å². The topological polar surface area (TPSA) is 159 Å². The molecular weight excluding hydrogens is 530 g/mol. The highest BCUT2D eigenvalue weighted by molar-refractivity contribution is 7.85. The lowest BCUT2D eigenvalue weighted by Gasteiger charge is -2.22. The normalized spacial score (nSPS) is 14.7. The number of phenolic OH excluding ortho intramolecular Hbond substituents is 1. The summed E-state index contributed by atoms with van der Waals surface area (Å²) < 4.78 is 56.8. The fraction of sp³-hybridized carbons (Fsp3) is 0.423. The lowest BCUT2D eigenvalue weighted by Crippen LogP contribution is -3.13. The van der Waals surface area contributed by atoms with Crippen molar-refractivity contribution in [3.05, 3.63) is 47.8 Å². The molecule has 2 aromatic carbocycles. The van der Waals surface area contributed by atoms with Crippen LogP contribution in [0.3, 0.4) is 0 Å². The number of phenols is 1. The number of pyridine rings is 1. The number of nitrogens with zero attached hydrogens (tertiary/aromatic N) is 1. The summed E-state index contributed by atoms with van der Waals surface area (Å²) in [6.07, 6.45) is 9.92. The third kappa shape index (κ3) is 8.37. The summed E-state index contributed by atoms with van der Waals surface area (Å²) >= 11 is 0. The molecule has 0 unspecified atom stereocenters. The largest absolute Gasteiger partial charge is 0.748 e. The number of piperidine rings is 1. The first-order valence-corrected chi connectivity index (χ1v) is 16.0. The fourth-order valence-corrected chi connectivity index (χ4v) is 5.01. The third-order valence-electron chi connectivity index (χ3n) is 6.64. The minimum atomic E-state index is -3.92. The molecule has 1 aliphatic rings. The highest BCUT2D eigenvalue weighted by Gasteiger charge is 2.18. The number of fused-ring (bicyclic) bond motifs is 4. The summed E-state index contributed by atoms with van der Waals surface area (Å²) in [5.74, 6) is 0.318. The van der Waals surface area contributed by atoms with Crippen LogP contribution in [0.5, 0.6) is 5.75 Å². The number of quaternary nitrogens is 1. The van der Waals surface area contributed by atoms with Gasteiger partial charge in [0.15, 0.2) is 18.9 Å². The van der Waals surface area contributed by atoms with Crippen LogP contribution in [0, 0.1) is 13.8 Å². The number of hydrogen-bond acceptors (Lipinski definition) is 7. The Kier molecular flexibility index (Phi) is 9.37. The van der Waals surface area contributed by atoms with Crippen molar-refractivity contribution in [2.45, 2.75) is 39.7 Å². The summed E-state index contributed by atoms with van der Waals surface area (Å²) in [5, 5.41) is 15.0. The molecule has 3 N–H and O–H groups in total. The third-order valence-corrected chi connectivity index (χ3v) is 6.64. The molecular formula is C26H35N3O7S2. The molecule has 1 saturated heterocycles. The first-order valence-electron chi connectivity index (χ1n) is 12.3. The van der Waals surface area contributed by atoms with Crippen LogP contribution in [0.25, 0.3) is 32.6 Å². The molecule has 4 aromatic rings. The fourth-order valence-electron chi connectivity index (χ4n) is 5.01. The van der Waals surface area contributed by atoms with Gasteiger partial charge in [0, 0.05) is 40.3 Å². The van der Waals surface area contributed by atoms with E-state index < -0.39 is 20.2 Å². The van der Waals surface area contributed by atoms with Crippen molar-refractivity contribution in [3.8, 4) is 5.75 Å². The van der Waals surface area contributed by atoms with Crippen LogP contribution in [0.2, 0.25) is 0 Å². The van der Waals surface area contributed by atoms with E-state index in [-0.39, 0.29) is 0 Å². The maximum Gasteiger partial charge on any atom is 0.196 e. The molecule has 38 heavy (non-hydrogen) atoms. The van der Waals surface area contributed by atoms with Crippen molar-refractivity contribution in [1.29, 1.82) is 0 Å². The Morgan fingerprint density at radius 2 is 1.53 bits per heavy atom. The van der Waals surface area contributed by atoms with Gasteiger partial charge < -0.3 is 24.1 Å². The smallest absolute Gasteiger partial charge is 0.196 e. The first kappa shape index (κ1) is 29.8. The van der Waals surface area contributed by atoms with Gasteiger partial charge in [0.1, 0.15) is 12.3 Å². The molecule has 0 aliphatic carbocycles. The number of nitrogens with one attached hydrogen (secondary N) is 2. The van der Waals surface area contributed by atoms with Gasteiger partial charge in [-0.25, -0.2) is 16.8 Å². The number of benzene rings is 2. The van der Waals surface area contributed by atoms with Crippen LogP contribution < -0.4 is 9.47 Å². The second kappa shape index (κ2) is 12.0. The molecule has 1 aliphatic heterocycles. The zero-order chi connectivity index (χ0) is 28.3. The van der Waals surface area contributed by atoms with Crippen LogP contribution in [-0.2, 0) is 26.8 Å². The molecule has 0 radical (unpaired) electrons. The van der Waals surface area contributed by atoms with E-state index in [1.807, 2.05) is 12.1 Å². The molecule has 0 amide bonds. The monoisotopic (exact) mass is 565 g/mol. The number of rotatable bonds is 3. The number of aromatic nitrogens is 2. The lowest BCUT2D eigenvalue weighted by molar-refractivity contribution is -0.923. The predicted molar refractivity (Wildman–Crippen MR) is 145 cm³/mol. The molecule has 10 nitrogen and oxygen atoms in total. The molecule has 5 rings (SSSR count). The Balaban J connectivity index is 0.000000344. The molecule has 0 bridgehead atoms. The minimum absolute atomic E-state index is 0.318. The van der Waals surface area contributed by atoms with Gasteiger partial charge in [-0.2, -0.15) is 4.57 Å². The Bertz CT molecular complexity index is 1610. The van der Waals surface area contributed by atoms with E-state index in [1.165, 1.54) is 71.7 Å². The number of aromatic amines is 1. The van der Waals surface area contributed by atoms with Crippen molar-refractivity contribution >= 4 is 52.8 Å². The van der Waals surface area contributed by atoms with Gasteiger partial charge in [-0.1, -0.05) is 0 Å². The zero-order valence-corrected chi connectivity index (χ0v) is 23.7. The van der Waals surface area contributed by atoms with Gasteiger partial charge >= 0.3 is 0 Å². The Morgan fingerprint density at radius 1 is 0.921 bits per heavy atom. The second-order valence-corrected chi connectivity index (χ2v) is 12.7. The average Bonchev–Trinajstić information content (AvgIpc) is 3.19. The summed E-state index contributed by atoms with van der Waals surface area (Å²) in [6.45, 7) is 9.33. The van der Waals surface area contributed by atoms with Gasteiger partial charge in [-0.3, -0.25) is 0 Å². The van der Waals surface area contributed by atoms with Crippen LogP contribution >= 0.6 is 0 Å². The number of likely N-dealkylation sites (tertiary alicyclic amines) is 1. The van der Waals surface area contributed by atoms with Crippen molar-refractivity contribution in [2.24, 2.45) is 0 Å². The van der Waals surface area contributed by atoms with E-state index in [9.17, 15) is 5.11 Å². The number of hydrogen-bond donors (Lipinski definition) is 3. The van der Waals surface area contributed by atoms with Crippen molar-refractivity contribution < 1.29 is 40.5 Å². The van der Waals surface area contributed by atoms with E-state index in [1.54, 1.807) is 11.0 Å². The first-order chi connectivity index (χ1) is 17.6. The van der Waals surface area contributed by atoms with Crippen LogP contribution in [0.15, 0.2) is 36.7 Å². The predicted octanol–water partition coefficient (Wildman–Crippen LogP) is 1.48. The van der Waals surface area contributed by atoms with E-state index in [4.69, 9.17) is 25.9 Å². The maximum atomic E-state index is 10.00. The Hall–Kier alpha value is -2.77.